The van der Waals surface area contributed by atoms with Crippen molar-refractivity contribution in [3.05, 3.63) is 75.4 Å². The van der Waals surface area contributed by atoms with Gasteiger partial charge in [0.1, 0.15) is 5.82 Å². The van der Waals surface area contributed by atoms with Gasteiger partial charge < -0.3 is 5.32 Å². The summed E-state index contributed by atoms with van der Waals surface area (Å²) >= 11 is 1.29. The number of carbonyl (C=O) groups excluding carboxylic acids is 1. The van der Waals surface area contributed by atoms with Gasteiger partial charge in [-0.2, -0.15) is 0 Å². The van der Waals surface area contributed by atoms with Gasteiger partial charge in [0, 0.05) is 29.6 Å². The predicted octanol–water partition coefficient (Wildman–Crippen LogP) is 4.49. The maximum Gasteiger partial charge on any atom is 0.269 e. The summed E-state index contributed by atoms with van der Waals surface area (Å²) in [6, 6.07) is 13.9. The van der Waals surface area contributed by atoms with Crippen LogP contribution in [0.1, 0.15) is 9.67 Å². The van der Waals surface area contributed by atoms with Gasteiger partial charge in [0.05, 0.1) is 9.80 Å². The summed E-state index contributed by atoms with van der Waals surface area (Å²) in [4.78, 5) is 23.7. The van der Waals surface area contributed by atoms with Crippen LogP contribution >= 0.6 is 11.3 Å². The number of hydrogen-bond donors (Lipinski definition) is 1. The molecule has 0 fully saturated rings. The molecule has 0 aliphatic heterocycles. The number of halogens is 1. The van der Waals surface area contributed by atoms with E-state index in [9.17, 15) is 19.3 Å². The molecule has 25 heavy (non-hydrogen) atoms. The lowest BCUT2D eigenvalue weighted by molar-refractivity contribution is -0.384. The van der Waals surface area contributed by atoms with Gasteiger partial charge >= 0.3 is 0 Å². The first-order valence-corrected chi connectivity index (χ1v) is 8.18. The maximum absolute atomic E-state index is 13.2. The van der Waals surface area contributed by atoms with Gasteiger partial charge in [-0.15, -0.1) is 11.3 Å². The van der Waals surface area contributed by atoms with E-state index in [-0.39, 0.29) is 17.4 Å². The highest BCUT2D eigenvalue weighted by Crippen LogP contribution is 2.39. The molecule has 0 atom stereocenters. The number of nitrogens with one attached hydrogen (secondary N) is 1. The largest absolute Gasteiger partial charge is 0.354 e. The first kappa shape index (κ1) is 16.8. The third-order valence-electron chi connectivity index (χ3n) is 3.68. The molecule has 3 aromatic rings. The Bertz CT molecular complexity index is 934. The summed E-state index contributed by atoms with van der Waals surface area (Å²) in [5.74, 6) is -0.565. The zero-order chi connectivity index (χ0) is 18.0. The molecule has 1 aromatic heterocycles. The standard InChI is InChI=1S/C18H13FN2O3S/c1-20-18(22)16-10-15(11-4-8-14(9-5-11)21(23)24)17(25-16)12-2-6-13(19)7-3-12/h2-10H,1H3,(H,20,22). The second-order valence-electron chi connectivity index (χ2n) is 5.24. The van der Waals surface area contributed by atoms with Gasteiger partial charge in [0.25, 0.3) is 11.6 Å². The smallest absolute Gasteiger partial charge is 0.269 e. The maximum atomic E-state index is 13.2. The topological polar surface area (TPSA) is 72.2 Å². The number of benzene rings is 2. The fourth-order valence-corrected chi connectivity index (χ4v) is 3.55. The average molecular weight is 356 g/mol. The van der Waals surface area contributed by atoms with Gasteiger partial charge in [-0.25, -0.2) is 4.39 Å². The zero-order valence-corrected chi connectivity index (χ0v) is 14.0. The Morgan fingerprint density at radius 3 is 2.24 bits per heavy atom. The van der Waals surface area contributed by atoms with Gasteiger partial charge in [-0.3, -0.25) is 14.9 Å². The molecule has 3 rings (SSSR count). The lowest BCUT2D eigenvalue weighted by Gasteiger charge is -2.04. The number of nitrogens with zero attached hydrogens (tertiary/aromatic N) is 1. The molecular formula is C18H13FN2O3S. The molecule has 0 unspecified atom stereocenters. The Hall–Kier alpha value is -3.06. The second-order valence-corrected chi connectivity index (χ2v) is 6.30. The molecule has 1 amide bonds. The van der Waals surface area contributed by atoms with Crippen molar-refractivity contribution >= 4 is 22.9 Å². The molecule has 126 valence electrons. The van der Waals surface area contributed by atoms with Crippen LogP contribution in [-0.4, -0.2) is 17.9 Å². The summed E-state index contributed by atoms with van der Waals surface area (Å²) in [6.07, 6.45) is 0. The summed E-state index contributed by atoms with van der Waals surface area (Å²) in [5.41, 5.74) is 2.28. The Kier molecular flexibility index (Phi) is 4.58. The molecule has 2 aromatic carbocycles. The van der Waals surface area contributed by atoms with Crippen molar-refractivity contribution in [3.8, 4) is 21.6 Å². The summed E-state index contributed by atoms with van der Waals surface area (Å²) in [6.45, 7) is 0. The number of nitro benzene ring substituents is 1. The molecular weight excluding hydrogens is 343 g/mol. The lowest BCUT2D eigenvalue weighted by Crippen LogP contribution is -2.16. The van der Waals surface area contributed by atoms with Crippen molar-refractivity contribution in [1.29, 1.82) is 0 Å². The highest BCUT2D eigenvalue weighted by molar-refractivity contribution is 7.18. The van der Waals surface area contributed by atoms with Crippen molar-refractivity contribution in [2.45, 2.75) is 0 Å². The van der Waals surface area contributed by atoms with Crippen LogP contribution < -0.4 is 5.32 Å². The molecule has 0 aliphatic carbocycles. The Morgan fingerprint density at radius 1 is 1.08 bits per heavy atom. The van der Waals surface area contributed by atoms with Crippen molar-refractivity contribution in [2.75, 3.05) is 7.05 Å². The average Bonchev–Trinajstić information content (AvgIpc) is 3.07. The van der Waals surface area contributed by atoms with E-state index in [1.807, 2.05) is 0 Å². The van der Waals surface area contributed by atoms with E-state index in [4.69, 9.17) is 0 Å². The molecule has 0 radical (unpaired) electrons. The molecule has 0 saturated heterocycles. The fraction of sp³-hybridized carbons (Fsp3) is 0.0556. The van der Waals surface area contributed by atoms with Crippen LogP contribution in [0.25, 0.3) is 21.6 Å². The quantitative estimate of drug-likeness (QED) is 0.553. The number of amides is 1. The monoisotopic (exact) mass is 356 g/mol. The van der Waals surface area contributed by atoms with Crippen molar-refractivity contribution in [2.24, 2.45) is 0 Å². The van der Waals surface area contributed by atoms with Crippen LogP contribution in [-0.2, 0) is 0 Å². The number of thiophene rings is 1. The second kappa shape index (κ2) is 6.82. The molecule has 5 nitrogen and oxygen atoms in total. The normalized spacial score (nSPS) is 10.5. The fourth-order valence-electron chi connectivity index (χ4n) is 2.42. The number of rotatable bonds is 4. The van der Waals surface area contributed by atoms with Crippen LogP contribution in [0.4, 0.5) is 10.1 Å². The molecule has 1 heterocycles. The van der Waals surface area contributed by atoms with Crippen LogP contribution in [0.5, 0.6) is 0 Å². The molecule has 1 N–H and O–H groups in total. The van der Waals surface area contributed by atoms with E-state index >= 15 is 0 Å². The lowest BCUT2D eigenvalue weighted by atomic mass is 10.0. The molecule has 0 spiro atoms. The van der Waals surface area contributed by atoms with Gasteiger partial charge in [-0.05, 0) is 41.5 Å². The van der Waals surface area contributed by atoms with Gasteiger partial charge in [0.2, 0.25) is 0 Å². The minimum Gasteiger partial charge on any atom is -0.354 e. The van der Waals surface area contributed by atoms with E-state index < -0.39 is 4.92 Å². The van der Waals surface area contributed by atoms with Crippen LogP contribution in [0.2, 0.25) is 0 Å². The van der Waals surface area contributed by atoms with Crippen LogP contribution in [0, 0.1) is 15.9 Å². The third kappa shape index (κ3) is 3.41. The number of carbonyl (C=O) groups is 1. The molecule has 0 aliphatic rings. The SMILES string of the molecule is CNC(=O)c1cc(-c2ccc([N+](=O)[O-])cc2)c(-c2ccc(F)cc2)s1. The van der Waals surface area contributed by atoms with Crippen LogP contribution in [0.15, 0.2) is 54.6 Å². The minimum absolute atomic E-state index is 0.00571. The van der Waals surface area contributed by atoms with E-state index in [1.54, 1.807) is 37.4 Å². The van der Waals surface area contributed by atoms with E-state index in [0.29, 0.717) is 4.88 Å². The molecule has 0 bridgehead atoms. The van der Waals surface area contributed by atoms with Gasteiger partial charge in [0.15, 0.2) is 0 Å². The number of nitro groups is 1. The summed E-state index contributed by atoms with van der Waals surface area (Å²) in [7, 11) is 1.55. The van der Waals surface area contributed by atoms with E-state index in [1.165, 1.54) is 35.6 Å². The van der Waals surface area contributed by atoms with Gasteiger partial charge in [-0.1, -0.05) is 12.1 Å². The Labute approximate surface area is 146 Å². The summed E-state index contributed by atoms with van der Waals surface area (Å²) < 4.78 is 13.2. The molecule has 0 saturated carbocycles. The van der Waals surface area contributed by atoms with E-state index in [2.05, 4.69) is 5.32 Å². The van der Waals surface area contributed by atoms with Crippen LogP contribution in [0.3, 0.4) is 0 Å². The third-order valence-corrected chi connectivity index (χ3v) is 4.86. The number of non-ortho nitro benzene ring substituents is 1. The predicted molar refractivity (Wildman–Crippen MR) is 95.2 cm³/mol. The Morgan fingerprint density at radius 2 is 1.68 bits per heavy atom. The highest BCUT2D eigenvalue weighted by atomic mass is 32.1. The summed E-state index contributed by atoms with van der Waals surface area (Å²) in [5, 5.41) is 13.4. The van der Waals surface area contributed by atoms with E-state index in [0.717, 1.165) is 21.6 Å². The highest BCUT2D eigenvalue weighted by Gasteiger charge is 2.17. The number of hydrogen-bond acceptors (Lipinski definition) is 4. The van der Waals surface area contributed by atoms with Crippen molar-refractivity contribution in [3.63, 3.8) is 0 Å². The zero-order valence-electron chi connectivity index (χ0n) is 13.2. The first-order valence-electron chi connectivity index (χ1n) is 7.36. The van der Waals surface area contributed by atoms with Crippen molar-refractivity contribution in [1.82, 2.24) is 5.32 Å². The minimum atomic E-state index is -0.464. The molecule has 7 heteroatoms. The Balaban J connectivity index is 2.13. The first-order chi connectivity index (χ1) is 12.0. The van der Waals surface area contributed by atoms with Crippen molar-refractivity contribution < 1.29 is 14.1 Å².